The zero-order valence-electron chi connectivity index (χ0n) is 17.9. The van der Waals surface area contributed by atoms with Crippen LogP contribution in [0.5, 0.6) is 0 Å². The van der Waals surface area contributed by atoms with Crippen molar-refractivity contribution >= 4 is 31.8 Å². The molecule has 1 atom stereocenters. The molecule has 0 amide bonds. The number of aromatic nitrogens is 2. The number of hydrogen-bond donors (Lipinski definition) is 1. The molecule has 0 aromatic carbocycles. The van der Waals surface area contributed by atoms with Crippen molar-refractivity contribution in [2.24, 2.45) is 0 Å². The molecule has 0 aliphatic carbocycles. The Bertz CT molecular complexity index is 1190. The first-order valence-corrected chi connectivity index (χ1v) is 12.7. The second-order valence-electron chi connectivity index (χ2n) is 7.46. The van der Waals surface area contributed by atoms with Gasteiger partial charge in [0.1, 0.15) is 16.4 Å². The van der Waals surface area contributed by atoms with E-state index in [9.17, 15) is 13.2 Å². The van der Waals surface area contributed by atoms with E-state index >= 15 is 0 Å². The number of nitrogens with one attached hydrogen (secondary N) is 1. The molecule has 0 bridgehead atoms. The largest absolute Gasteiger partial charge is 0.464 e. The van der Waals surface area contributed by atoms with Crippen molar-refractivity contribution in [2.45, 2.75) is 26.8 Å². The highest BCUT2D eigenvalue weighted by atomic mass is 32.2. The monoisotopic (exact) mass is 465 g/mol. The van der Waals surface area contributed by atoms with Crippen molar-refractivity contribution in [3.05, 3.63) is 40.0 Å². The van der Waals surface area contributed by atoms with E-state index in [-0.39, 0.29) is 11.6 Å². The van der Waals surface area contributed by atoms with Gasteiger partial charge < -0.3 is 9.40 Å². The zero-order valence-corrected chi connectivity index (χ0v) is 19.5. The van der Waals surface area contributed by atoms with Crippen LogP contribution in [0.1, 0.15) is 32.6 Å². The first-order valence-electron chi connectivity index (χ1n) is 10.4. The van der Waals surface area contributed by atoms with Gasteiger partial charge in [-0.3, -0.25) is 9.69 Å². The molecule has 1 saturated heterocycles. The molecule has 0 radical (unpaired) electrons. The van der Waals surface area contributed by atoms with Crippen LogP contribution in [-0.4, -0.2) is 71.2 Å². The Labute approximate surface area is 185 Å². The summed E-state index contributed by atoms with van der Waals surface area (Å²) < 4.78 is 34.0. The molecule has 11 heteroatoms. The van der Waals surface area contributed by atoms with Crippen LogP contribution < -0.4 is 5.56 Å². The molecule has 3 aromatic heterocycles. The number of rotatable bonds is 7. The number of hydrogen-bond acceptors (Lipinski definition) is 7. The SMILES string of the molecule is CCN(CC)S(=O)(=O)N1CCN(C(C)c2nc3scc(-c4ccco4)c3c(=O)[nH]2)CC1. The highest BCUT2D eigenvalue weighted by Crippen LogP contribution is 2.32. The van der Waals surface area contributed by atoms with Crippen LogP contribution >= 0.6 is 11.3 Å². The molecule has 1 unspecified atom stereocenters. The van der Waals surface area contributed by atoms with Crippen LogP contribution in [0.3, 0.4) is 0 Å². The third kappa shape index (κ3) is 4.08. The van der Waals surface area contributed by atoms with Gasteiger partial charge in [-0.15, -0.1) is 11.3 Å². The number of nitrogens with zero attached hydrogens (tertiary/aromatic N) is 4. The molecule has 31 heavy (non-hydrogen) atoms. The Morgan fingerprint density at radius 1 is 1.26 bits per heavy atom. The first kappa shape index (κ1) is 22.2. The van der Waals surface area contributed by atoms with Crippen molar-refractivity contribution in [1.82, 2.24) is 23.5 Å². The van der Waals surface area contributed by atoms with E-state index in [4.69, 9.17) is 9.40 Å². The van der Waals surface area contributed by atoms with E-state index in [1.807, 2.05) is 32.2 Å². The summed E-state index contributed by atoms with van der Waals surface area (Å²) in [5, 5.41) is 2.42. The lowest BCUT2D eigenvalue weighted by atomic mass is 10.2. The number of piperazine rings is 1. The van der Waals surface area contributed by atoms with Crippen LogP contribution in [-0.2, 0) is 10.2 Å². The Balaban J connectivity index is 1.52. The molecule has 0 spiro atoms. The number of fused-ring (bicyclic) bond motifs is 1. The zero-order chi connectivity index (χ0) is 22.2. The molecule has 168 valence electrons. The lowest BCUT2D eigenvalue weighted by Gasteiger charge is -2.38. The highest BCUT2D eigenvalue weighted by molar-refractivity contribution is 7.86. The minimum absolute atomic E-state index is 0.135. The first-order chi connectivity index (χ1) is 14.9. The average Bonchev–Trinajstić information content (AvgIpc) is 3.44. The molecule has 1 N–H and O–H groups in total. The van der Waals surface area contributed by atoms with E-state index in [0.29, 0.717) is 61.1 Å². The van der Waals surface area contributed by atoms with E-state index in [2.05, 4.69) is 9.88 Å². The predicted octanol–water partition coefficient (Wildman–Crippen LogP) is 2.51. The molecular weight excluding hydrogens is 438 g/mol. The van der Waals surface area contributed by atoms with Crippen molar-refractivity contribution in [2.75, 3.05) is 39.3 Å². The summed E-state index contributed by atoms with van der Waals surface area (Å²) in [6, 6.07) is 3.48. The van der Waals surface area contributed by atoms with Gasteiger partial charge >= 0.3 is 0 Å². The quantitative estimate of drug-likeness (QED) is 0.575. The van der Waals surface area contributed by atoms with Gasteiger partial charge in [-0.25, -0.2) is 4.98 Å². The summed E-state index contributed by atoms with van der Waals surface area (Å²) in [6.07, 6.45) is 1.58. The topological polar surface area (TPSA) is 103 Å². The third-order valence-corrected chi connectivity index (χ3v) is 8.88. The lowest BCUT2D eigenvalue weighted by molar-refractivity contribution is 0.137. The fraction of sp³-hybridized carbons (Fsp3) is 0.500. The lowest BCUT2D eigenvalue weighted by Crippen LogP contribution is -2.53. The number of H-pyrrole nitrogens is 1. The molecule has 1 aliphatic rings. The standard InChI is InChI=1S/C20H27N5O4S2/c1-4-24(5-2)31(27,28)25-10-8-23(9-11-25)14(3)18-21-19(26)17-15(13-30-20(17)22-18)16-7-6-12-29-16/h6-7,12-14H,4-5,8-11H2,1-3H3,(H,21,22,26). The summed E-state index contributed by atoms with van der Waals surface area (Å²) in [7, 11) is -3.43. The molecular formula is C20H27N5O4S2. The minimum atomic E-state index is -3.43. The number of aromatic amines is 1. The average molecular weight is 466 g/mol. The maximum absolute atomic E-state index is 12.8. The smallest absolute Gasteiger partial charge is 0.282 e. The van der Waals surface area contributed by atoms with Crippen LogP contribution in [0.25, 0.3) is 21.5 Å². The van der Waals surface area contributed by atoms with Crippen molar-refractivity contribution in [1.29, 1.82) is 0 Å². The second kappa shape index (κ2) is 8.83. The van der Waals surface area contributed by atoms with Gasteiger partial charge in [-0.1, -0.05) is 13.8 Å². The summed E-state index contributed by atoms with van der Waals surface area (Å²) >= 11 is 1.41. The highest BCUT2D eigenvalue weighted by Gasteiger charge is 2.32. The number of furan rings is 1. The molecule has 9 nitrogen and oxygen atoms in total. The molecule has 4 heterocycles. The Morgan fingerprint density at radius 3 is 2.58 bits per heavy atom. The summed E-state index contributed by atoms with van der Waals surface area (Å²) in [5.74, 6) is 1.23. The fourth-order valence-electron chi connectivity index (χ4n) is 3.98. The second-order valence-corrected chi connectivity index (χ2v) is 10.2. The van der Waals surface area contributed by atoms with Crippen LogP contribution in [0.2, 0.25) is 0 Å². The van der Waals surface area contributed by atoms with E-state index in [0.717, 1.165) is 5.56 Å². The van der Waals surface area contributed by atoms with Crippen molar-refractivity contribution in [3.8, 4) is 11.3 Å². The van der Waals surface area contributed by atoms with Crippen molar-refractivity contribution in [3.63, 3.8) is 0 Å². The molecule has 0 saturated carbocycles. The van der Waals surface area contributed by atoms with Gasteiger partial charge in [0.2, 0.25) is 0 Å². The van der Waals surface area contributed by atoms with Gasteiger partial charge in [0, 0.05) is 50.2 Å². The minimum Gasteiger partial charge on any atom is -0.464 e. The van der Waals surface area contributed by atoms with Gasteiger partial charge in [-0.2, -0.15) is 17.0 Å². The van der Waals surface area contributed by atoms with Gasteiger partial charge in [0.15, 0.2) is 0 Å². The van der Waals surface area contributed by atoms with Gasteiger partial charge in [-0.05, 0) is 19.1 Å². The van der Waals surface area contributed by atoms with Gasteiger partial charge in [0.25, 0.3) is 15.8 Å². The Hall–Kier alpha value is -2.05. The van der Waals surface area contributed by atoms with E-state index < -0.39 is 10.2 Å². The van der Waals surface area contributed by atoms with E-state index in [1.54, 1.807) is 12.3 Å². The molecule has 4 rings (SSSR count). The summed E-state index contributed by atoms with van der Waals surface area (Å²) in [4.78, 5) is 23.3. The van der Waals surface area contributed by atoms with Gasteiger partial charge in [0.05, 0.1) is 17.7 Å². The van der Waals surface area contributed by atoms with Crippen LogP contribution in [0.4, 0.5) is 0 Å². The third-order valence-electron chi connectivity index (χ3n) is 5.82. The maximum Gasteiger partial charge on any atom is 0.282 e. The van der Waals surface area contributed by atoms with Crippen LogP contribution in [0, 0.1) is 0 Å². The summed E-state index contributed by atoms with van der Waals surface area (Å²) in [5.41, 5.74) is 0.551. The molecule has 1 fully saturated rings. The summed E-state index contributed by atoms with van der Waals surface area (Å²) in [6.45, 7) is 8.58. The fourth-order valence-corrected chi connectivity index (χ4v) is 6.52. The molecule has 1 aliphatic heterocycles. The number of thiophene rings is 1. The maximum atomic E-state index is 12.8. The molecule has 3 aromatic rings. The van der Waals surface area contributed by atoms with Crippen LogP contribution in [0.15, 0.2) is 33.0 Å². The van der Waals surface area contributed by atoms with E-state index in [1.165, 1.54) is 19.9 Å². The Morgan fingerprint density at radius 2 is 1.97 bits per heavy atom. The predicted molar refractivity (Wildman–Crippen MR) is 121 cm³/mol. The van der Waals surface area contributed by atoms with Crippen molar-refractivity contribution < 1.29 is 12.8 Å². The normalized spacial score (nSPS) is 17.5. The Kier molecular flexibility index (Phi) is 6.31.